The van der Waals surface area contributed by atoms with Gasteiger partial charge in [0.25, 0.3) is 0 Å². The Bertz CT molecular complexity index is 622. The van der Waals surface area contributed by atoms with Gasteiger partial charge in [0.1, 0.15) is 5.82 Å². The van der Waals surface area contributed by atoms with Crippen LogP contribution >= 0.6 is 0 Å². The van der Waals surface area contributed by atoms with Gasteiger partial charge in [-0.2, -0.15) is 0 Å². The third-order valence-corrected chi connectivity index (χ3v) is 6.25. The number of hydrogen-bond acceptors (Lipinski definition) is 3. The quantitative estimate of drug-likeness (QED) is 0.779. The number of amides is 1. The van der Waals surface area contributed by atoms with Crippen LogP contribution in [-0.2, 0) is 4.79 Å². The average molecular weight is 376 g/mol. The largest absolute Gasteiger partial charge is 0.369 e. The molecule has 1 aliphatic carbocycles. The van der Waals surface area contributed by atoms with Crippen LogP contribution in [0.5, 0.6) is 0 Å². The van der Waals surface area contributed by atoms with Gasteiger partial charge in [0.2, 0.25) is 5.91 Å². The van der Waals surface area contributed by atoms with Gasteiger partial charge in [0.15, 0.2) is 0 Å². The number of carbonyl (C=O) groups is 1. The van der Waals surface area contributed by atoms with E-state index in [1.165, 1.54) is 31.7 Å². The maximum absolute atomic E-state index is 13.9. The number of nitrogens with one attached hydrogen (secondary N) is 1. The third kappa shape index (κ3) is 5.44. The fourth-order valence-electron chi connectivity index (χ4n) is 4.49. The smallest absolute Gasteiger partial charge is 0.220 e. The highest BCUT2D eigenvalue weighted by atomic mass is 19.1. The molecule has 5 heteroatoms. The topological polar surface area (TPSA) is 35.6 Å². The monoisotopic (exact) mass is 375 g/mol. The van der Waals surface area contributed by atoms with Crippen LogP contribution in [0.3, 0.4) is 0 Å². The van der Waals surface area contributed by atoms with Crippen molar-refractivity contribution in [3.8, 4) is 0 Å². The van der Waals surface area contributed by atoms with Crippen molar-refractivity contribution in [1.29, 1.82) is 0 Å². The minimum Gasteiger partial charge on any atom is -0.369 e. The van der Waals surface area contributed by atoms with Crippen LogP contribution in [0, 0.1) is 11.7 Å². The maximum Gasteiger partial charge on any atom is 0.220 e. The van der Waals surface area contributed by atoms with Crippen LogP contribution in [0.2, 0.25) is 0 Å². The number of carbonyl (C=O) groups excluding carboxylic acids is 1. The SMILES string of the molecule is CCN1CCN(c2ccc(F)cc2[C@@H](C)NC(=O)CCC2CCCC2)CC1. The molecule has 2 aliphatic rings. The fraction of sp³-hybridized carbons (Fsp3) is 0.682. The second kappa shape index (κ2) is 9.54. The van der Waals surface area contributed by atoms with E-state index in [2.05, 4.69) is 22.0 Å². The number of hydrogen-bond donors (Lipinski definition) is 1. The zero-order valence-corrected chi connectivity index (χ0v) is 16.8. The van der Waals surface area contributed by atoms with Gasteiger partial charge in [0.05, 0.1) is 6.04 Å². The van der Waals surface area contributed by atoms with Crippen molar-refractivity contribution in [3.05, 3.63) is 29.6 Å². The van der Waals surface area contributed by atoms with Crippen molar-refractivity contribution in [2.24, 2.45) is 5.92 Å². The summed E-state index contributed by atoms with van der Waals surface area (Å²) in [6.07, 6.45) is 6.70. The lowest BCUT2D eigenvalue weighted by molar-refractivity contribution is -0.122. The average Bonchev–Trinajstić information content (AvgIpc) is 3.20. The molecule has 0 unspecified atom stereocenters. The fourth-order valence-corrected chi connectivity index (χ4v) is 4.49. The molecule has 0 spiro atoms. The van der Waals surface area contributed by atoms with Gasteiger partial charge in [-0.1, -0.05) is 32.6 Å². The van der Waals surface area contributed by atoms with E-state index >= 15 is 0 Å². The predicted octanol–water partition coefficient (Wildman–Crippen LogP) is 4.12. The van der Waals surface area contributed by atoms with Crippen molar-refractivity contribution in [2.75, 3.05) is 37.6 Å². The molecule has 1 saturated heterocycles. The first-order chi connectivity index (χ1) is 13.1. The molecule has 1 amide bonds. The summed E-state index contributed by atoms with van der Waals surface area (Å²) in [7, 11) is 0. The Hall–Kier alpha value is -1.62. The first kappa shape index (κ1) is 20.1. The highest BCUT2D eigenvalue weighted by molar-refractivity contribution is 5.76. The zero-order valence-electron chi connectivity index (χ0n) is 16.8. The molecule has 2 fully saturated rings. The number of benzene rings is 1. The Morgan fingerprint density at radius 3 is 2.59 bits per heavy atom. The molecule has 1 saturated carbocycles. The van der Waals surface area contributed by atoms with E-state index < -0.39 is 0 Å². The first-order valence-electron chi connectivity index (χ1n) is 10.6. The molecule has 1 aromatic rings. The van der Waals surface area contributed by atoms with Gasteiger partial charge in [-0.05, 0) is 44.0 Å². The summed E-state index contributed by atoms with van der Waals surface area (Å²) in [5.41, 5.74) is 1.94. The molecule has 0 radical (unpaired) electrons. The molecule has 1 N–H and O–H groups in total. The molecule has 150 valence electrons. The van der Waals surface area contributed by atoms with E-state index in [0.29, 0.717) is 12.3 Å². The summed E-state index contributed by atoms with van der Waals surface area (Å²) < 4.78 is 13.9. The van der Waals surface area contributed by atoms with Gasteiger partial charge in [-0.3, -0.25) is 4.79 Å². The summed E-state index contributed by atoms with van der Waals surface area (Å²) >= 11 is 0. The van der Waals surface area contributed by atoms with Crippen molar-refractivity contribution >= 4 is 11.6 Å². The number of nitrogens with zero attached hydrogens (tertiary/aromatic N) is 2. The summed E-state index contributed by atoms with van der Waals surface area (Å²) in [6.45, 7) is 9.14. The van der Waals surface area contributed by atoms with Crippen LogP contribution < -0.4 is 10.2 Å². The number of likely N-dealkylation sites (N-methyl/N-ethyl adjacent to an activating group) is 1. The minimum absolute atomic E-state index is 0.0837. The van der Waals surface area contributed by atoms with Gasteiger partial charge >= 0.3 is 0 Å². The molecule has 1 aliphatic heterocycles. The molecule has 0 bridgehead atoms. The Morgan fingerprint density at radius 1 is 1.22 bits per heavy atom. The zero-order chi connectivity index (χ0) is 19.2. The highest BCUT2D eigenvalue weighted by Gasteiger charge is 2.22. The molecular weight excluding hydrogens is 341 g/mol. The second-order valence-electron chi connectivity index (χ2n) is 8.10. The normalized spacial score (nSPS) is 20.0. The highest BCUT2D eigenvalue weighted by Crippen LogP contribution is 2.30. The van der Waals surface area contributed by atoms with E-state index in [1.54, 1.807) is 6.07 Å². The van der Waals surface area contributed by atoms with Gasteiger partial charge < -0.3 is 15.1 Å². The van der Waals surface area contributed by atoms with E-state index in [-0.39, 0.29) is 17.8 Å². The number of rotatable bonds is 7. The van der Waals surface area contributed by atoms with E-state index in [1.807, 2.05) is 13.0 Å². The van der Waals surface area contributed by atoms with E-state index in [0.717, 1.165) is 50.4 Å². The maximum atomic E-state index is 13.9. The third-order valence-electron chi connectivity index (χ3n) is 6.25. The van der Waals surface area contributed by atoms with E-state index in [9.17, 15) is 9.18 Å². The molecular formula is C22H34FN3O. The molecule has 1 aromatic carbocycles. The molecule has 4 nitrogen and oxygen atoms in total. The lowest BCUT2D eigenvalue weighted by Gasteiger charge is -2.37. The van der Waals surface area contributed by atoms with E-state index in [4.69, 9.17) is 0 Å². The Balaban J connectivity index is 1.62. The Kier molecular flexibility index (Phi) is 7.11. The minimum atomic E-state index is -0.243. The van der Waals surface area contributed by atoms with Crippen molar-refractivity contribution in [1.82, 2.24) is 10.2 Å². The van der Waals surface area contributed by atoms with Gasteiger partial charge in [0, 0.05) is 43.9 Å². The van der Waals surface area contributed by atoms with Crippen molar-refractivity contribution in [3.63, 3.8) is 0 Å². The molecule has 3 rings (SSSR count). The molecule has 1 heterocycles. The molecule has 27 heavy (non-hydrogen) atoms. The van der Waals surface area contributed by atoms with Crippen LogP contribution in [0.15, 0.2) is 18.2 Å². The summed E-state index contributed by atoms with van der Waals surface area (Å²) in [4.78, 5) is 17.2. The Labute approximate surface area is 163 Å². The van der Waals surface area contributed by atoms with Gasteiger partial charge in [-0.15, -0.1) is 0 Å². The van der Waals surface area contributed by atoms with Crippen molar-refractivity contribution < 1.29 is 9.18 Å². The molecule has 0 aromatic heterocycles. The summed E-state index contributed by atoms with van der Waals surface area (Å²) in [5.74, 6) is 0.555. The summed E-state index contributed by atoms with van der Waals surface area (Å²) in [5, 5.41) is 3.10. The molecule has 1 atom stereocenters. The first-order valence-corrected chi connectivity index (χ1v) is 10.6. The number of halogens is 1. The van der Waals surface area contributed by atoms with Crippen LogP contribution in [0.25, 0.3) is 0 Å². The Morgan fingerprint density at radius 2 is 1.93 bits per heavy atom. The van der Waals surface area contributed by atoms with Crippen LogP contribution in [0.4, 0.5) is 10.1 Å². The van der Waals surface area contributed by atoms with Crippen LogP contribution in [-0.4, -0.2) is 43.5 Å². The predicted molar refractivity (Wildman–Crippen MR) is 108 cm³/mol. The summed E-state index contributed by atoms with van der Waals surface area (Å²) in [6, 6.07) is 4.80. The van der Waals surface area contributed by atoms with Gasteiger partial charge in [-0.25, -0.2) is 4.39 Å². The standard InChI is InChI=1S/C22H34FN3O/c1-3-25-12-14-26(15-13-25)21-10-9-19(23)16-20(21)17(2)24-22(27)11-8-18-6-4-5-7-18/h9-10,16-18H,3-8,11-15H2,1-2H3,(H,24,27)/t17-/m1/s1. The van der Waals surface area contributed by atoms with Crippen molar-refractivity contribution in [2.45, 2.75) is 58.4 Å². The van der Waals surface area contributed by atoms with Crippen LogP contribution in [0.1, 0.15) is 64.0 Å². The number of anilines is 1. The lowest BCUT2D eigenvalue weighted by Crippen LogP contribution is -2.46. The number of piperazine rings is 1. The second-order valence-corrected chi connectivity index (χ2v) is 8.10. The lowest BCUT2D eigenvalue weighted by atomic mass is 10.0.